The van der Waals surface area contributed by atoms with E-state index in [1.165, 1.54) is 96.3 Å². The van der Waals surface area contributed by atoms with E-state index in [-0.39, 0.29) is 37.5 Å². The van der Waals surface area contributed by atoms with Crippen LogP contribution in [0.25, 0.3) is 0 Å². The Labute approximate surface area is 443 Å². The molecule has 0 saturated heterocycles. The monoisotopic (exact) mass is 997 g/mol. The van der Waals surface area contributed by atoms with E-state index in [1.54, 1.807) is 0 Å². The van der Waals surface area contributed by atoms with Crippen molar-refractivity contribution in [3.8, 4) is 0 Å². The molecule has 0 aromatic heterocycles. The minimum Gasteiger partial charge on any atom is -0.462 e. The molecule has 1 unspecified atom stereocenters. The maximum Gasteiger partial charge on any atom is 0.306 e. The fraction of sp³-hybridized carbons (Fsp3) is 0.652. The minimum absolute atomic E-state index is 0.106. The van der Waals surface area contributed by atoms with Gasteiger partial charge in [-0.25, -0.2) is 0 Å². The lowest BCUT2D eigenvalue weighted by molar-refractivity contribution is -0.167. The predicted octanol–water partition coefficient (Wildman–Crippen LogP) is 20.0. The molecule has 408 valence electrons. The van der Waals surface area contributed by atoms with Crippen molar-refractivity contribution in [2.45, 2.75) is 264 Å². The number of hydrogen-bond donors (Lipinski definition) is 0. The van der Waals surface area contributed by atoms with Gasteiger partial charge in [0.05, 0.1) is 0 Å². The Balaban J connectivity index is 4.50. The van der Waals surface area contributed by atoms with E-state index in [0.29, 0.717) is 19.3 Å². The van der Waals surface area contributed by atoms with Gasteiger partial charge in [-0.2, -0.15) is 0 Å². The standard InChI is InChI=1S/C66H108O6/c1-4-7-10-13-16-19-22-25-27-29-31-32-33-34-35-37-38-41-44-47-50-53-56-59-65(68)71-62-63(61-70-64(67)58-55-52-49-46-43-40-24-21-18-15-12-9-6-3)72-66(69)60-57-54-51-48-45-42-39-36-30-28-26-23-20-17-14-11-8-5-2/h7,10,16,19-21,23-25,27-28,30-32,34-35,38,41,47,50,63H,4-6,8-9,11-15,17-18,22,26,29,33,36-37,39-40,42-46,48-49,51-62H2,1-3H3/b10-7-,19-16-,23-20-,24-21-,27-25-,30-28-,32-31-,35-34-,41-38-,50-47-. The van der Waals surface area contributed by atoms with Gasteiger partial charge in [-0.05, 0) is 128 Å². The normalized spacial score (nSPS) is 13.0. The SMILES string of the molecule is CC/C=C\C/C=C\C/C=C\C/C=C\C/C=C\C/C=C\C/C=C\CCCC(=O)OCC(COC(=O)CCCCCCC/C=C\CCCCCC)OC(=O)CCCCCCCCC/C=C\C/C=C\CCCCCC. The highest BCUT2D eigenvalue weighted by Gasteiger charge is 2.19. The number of esters is 3. The molecule has 0 heterocycles. The average Bonchev–Trinajstić information content (AvgIpc) is 3.38. The van der Waals surface area contributed by atoms with E-state index in [1.807, 2.05) is 0 Å². The van der Waals surface area contributed by atoms with Crippen LogP contribution in [-0.4, -0.2) is 37.2 Å². The second-order valence-corrected chi connectivity index (χ2v) is 19.2. The van der Waals surface area contributed by atoms with Crippen molar-refractivity contribution >= 4 is 17.9 Å². The van der Waals surface area contributed by atoms with E-state index in [9.17, 15) is 14.4 Å². The van der Waals surface area contributed by atoms with Crippen LogP contribution >= 0.6 is 0 Å². The van der Waals surface area contributed by atoms with Crippen molar-refractivity contribution in [1.82, 2.24) is 0 Å². The first-order chi connectivity index (χ1) is 35.5. The molecular weight excluding hydrogens is 889 g/mol. The number of unbranched alkanes of at least 4 members (excludes halogenated alkanes) is 21. The van der Waals surface area contributed by atoms with Crippen molar-refractivity contribution in [1.29, 1.82) is 0 Å². The lowest BCUT2D eigenvalue weighted by Gasteiger charge is -2.18. The average molecular weight is 998 g/mol. The molecule has 6 nitrogen and oxygen atoms in total. The molecule has 6 heteroatoms. The van der Waals surface area contributed by atoms with Crippen molar-refractivity contribution in [2.75, 3.05) is 13.2 Å². The minimum atomic E-state index is -0.813. The lowest BCUT2D eigenvalue weighted by atomic mass is 10.1. The molecule has 0 aromatic carbocycles. The zero-order valence-electron chi connectivity index (χ0n) is 46.7. The first-order valence-electron chi connectivity index (χ1n) is 29.5. The molecular formula is C66H108O6. The highest BCUT2D eigenvalue weighted by atomic mass is 16.6. The Morgan fingerprint density at radius 1 is 0.292 bits per heavy atom. The number of rotatable bonds is 52. The summed E-state index contributed by atoms with van der Waals surface area (Å²) in [6, 6.07) is 0. The van der Waals surface area contributed by atoms with E-state index in [0.717, 1.165) is 116 Å². The Bertz CT molecular complexity index is 1520. The molecule has 0 bridgehead atoms. The summed E-state index contributed by atoms with van der Waals surface area (Å²) in [7, 11) is 0. The molecule has 72 heavy (non-hydrogen) atoms. The predicted molar refractivity (Wildman–Crippen MR) is 311 cm³/mol. The summed E-state index contributed by atoms with van der Waals surface area (Å²) >= 11 is 0. The van der Waals surface area contributed by atoms with Gasteiger partial charge in [0, 0.05) is 19.3 Å². The van der Waals surface area contributed by atoms with Crippen molar-refractivity contribution in [3.63, 3.8) is 0 Å². The van der Waals surface area contributed by atoms with Crippen LogP contribution in [0.4, 0.5) is 0 Å². The van der Waals surface area contributed by atoms with Crippen molar-refractivity contribution < 1.29 is 28.6 Å². The smallest absolute Gasteiger partial charge is 0.306 e. The van der Waals surface area contributed by atoms with Gasteiger partial charge in [-0.3, -0.25) is 14.4 Å². The van der Waals surface area contributed by atoms with Gasteiger partial charge < -0.3 is 14.2 Å². The summed E-state index contributed by atoms with van der Waals surface area (Å²) in [5, 5.41) is 0. The molecule has 0 saturated carbocycles. The maximum atomic E-state index is 12.9. The second kappa shape index (κ2) is 59.4. The number of carbonyl (C=O) groups excluding carboxylic acids is 3. The summed E-state index contributed by atoms with van der Waals surface area (Å²) in [4.78, 5) is 38.2. The summed E-state index contributed by atoms with van der Waals surface area (Å²) in [6.45, 7) is 6.43. The quantitative estimate of drug-likeness (QED) is 0.0261. The second-order valence-electron chi connectivity index (χ2n) is 19.2. The summed E-state index contributed by atoms with van der Waals surface area (Å²) in [6.07, 6.45) is 81.9. The van der Waals surface area contributed by atoms with Crippen LogP contribution in [0.1, 0.15) is 258 Å². The van der Waals surface area contributed by atoms with Gasteiger partial charge in [0.25, 0.3) is 0 Å². The number of hydrogen-bond acceptors (Lipinski definition) is 6. The van der Waals surface area contributed by atoms with Gasteiger partial charge in [-0.1, -0.05) is 232 Å². The lowest BCUT2D eigenvalue weighted by Crippen LogP contribution is -2.30. The van der Waals surface area contributed by atoms with Gasteiger partial charge in [0.1, 0.15) is 13.2 Å². The molecule has 0 radical (unpaired) electrons. The fourth-order valence-electron chi connectivity index (χ4n) is 7.75. The Hall–Kier alpha value is -4.19. The summed E-state index contributed by atoms with van der Waals surface area (Å²) in [5.41, 5.74) is 0. The largest absolute Gasteiger partial charge is 0.462 e. The third-order valence-corrected chi connectivity index (χ3v) is 12.2. The number of allylic oxidation sites excluding steroid dienone is 20. The molecule has 0 spiro atoms. The molecule has 0 aliphatic heterocycles. The zero-order chi connectivity index (χ0) is 52.2. The highest BCUT2D eigenvalue weighted by molar-refractivity contribution is 5.71. The van der Waals surface area contributed by atoms with Crippen LogP contribution in [0.15, 0.2) is 122 Å². The Morgan fingerprint density at radius 2 is 0.556 bits per heavy atom. The molecule has 0 aliphatic carbocycles. The van der Waals surface area contributed by atoms with Crippen LogP contribution in [0, 0.1) is 0 Å². The molecule has 0 N–H and O–H groups in total. The Morgan fingerprint density at radius 3 is 0.917 bits per heavy atom. The molecule has 0 aliphatic rings. The van der Waals surface area contributed by atoms with Crippen LogP contribution in [0.3, 0.4) is 0 Å². The fourth-order valence-corrected chi connectivity index (χ4v) is 7.75. The molecule has 0 aromatic rings. The Kier molecular flexibility index (Phi) is 55.9. The molecule has 0 amide bonds. The van der Waals surface area contributed by atoms with Gasteiger partial charge >= 0.3 is 17.9 Å². The first kappa shape index (κ1) is 67.8. The highest BCUT2D eigenvalue weighted by Crippen LogP contribution is 2.14. The van der Waals surface area contributed by atoms with Crippen LogP contribution in [0.5, 0.6) is 0 Å². The molecule has 0 rings (SSSR count). The summed E-state index contributed by atoms with van der Waals surface area (Å²) in [5.74, 6) is -0.985. The van der Waals surface area contributed by atoms with E-state index in [4.69, 9.17) is 14.2 Å². The third kappa shape index (κ3) is 56.7. The molecule has 1 atom stereocenters. The first-order valence-corrected chi connectivity index (χ1v) is 29.5. The van der Waals surface area contributed by atoms with Crippen LogP contribution in [-0.2, 0) is 28.6 Å². The van der Waals surface area contributed by atoms with Crippen molar-refractivity contribution in [3.05, 3.63) is 122 Å². The maximum absolute atomic E-state index is 12.9. The van der Waals surface area contributed by atoms with Gasteiger partial charge in [0.2, 0.25) is 0 Å². The number of ether oxygens (including phenoxy) is 3. The van der Waals surface area contributed by atoms with Crippen LogP contribution < -0.4 is 0 Å². The third-order valence-electron chi connectivity index (χ3n) is 12.2. The van der Waals surface area contributed by atoms with Gasteiger partial charge in [-0.15, -0.1) is 0 Å². The van der Waals surface area contributed by atoms with E-state index >= 15 is 0 Å². The van der Waals surface area contributed by atoms with Crippen LogP contribution in [0.2, 0.25) is 0 Å². The summed E-state index contributed by atoms with van der Waals surface area (Å²) < 4.78 is 16.8. The van der Waals surface area contributed by atoms with Crippen molar-refractivity contribution in [2.24, 2.45) is 0 Å². The van der Waals surface area contributed by atoms with E-state index < -0.39 is 6.10 Å². The topological polar surface area (TPSA) is 78.9 Å². The van der Waals surface area contributed by atoms with E-state index in [2.05, 4.69) is 142 Å². The zero-order valence-corrected chi connectivity index (χ0v) is 46.7. The molecule has 0 fully saturated rings. The van der Waals surface area contributed by atoms with Gasteiger partial charge in [0.15, 0.2) is 6.10 Å². The number of carbonyl (C=O) groups is 3.